The number of nitrogens with one attached hydrogen (secondary N) is 1. The monoisotopic (exact) mass is 544 g/mol. The third-order valence-corrected chi connectivity index (χ3v) is 6.83. The van der Waals surface area contributed by atoms with Crippen LogP contribution in [0.4, 0.5) is 30.7 Å². The van der Waals surface area contributed by atoms with Crippen molar-refractivity contribution in [3.63, 3.8) is 0 Å². The lowest BCUT2D eigenvalue weighted by Gasteiger charge is -2.38. The summed E-state index contributed by atoms with van der Waals surface area (Å²) in [6.45, 7) is 2.39. The van der Waals surface area contributed by atoms with E-state index in [-0.39, 0.29) is 17.2 Å². The lowest BCUT2D eigenvalue weighted by atomic mass is 9.65. The van der Waals surface area contributed by atoms with Crippen molar-refractivity contribution in [1.29, 1.82) is 0 Å². The van der Waals surface area contributed by atoms with Crippen LogP contribution in [-0.2, 0) is 30.5 Å². The number of alkyl halides is 7. The van der Waals surface area contributed by atoms with Crippen molar-refractivity contribution >= 4 is 21.7 Å². The first-order valence-corrected chi connectivity index (χ1v) is 12.3. The Hall–Kier alpha value is -2.90. The topological polar surface area (TPSA) is 106 Å². The van der Waals surface area contributed by atoms with Gasteiger partial charge in [-0.25, -0.2) is 12.8 Å². The van der Waals surface area contributed by atoms with Gasteiger partial charge in [-0.3, -0.25) is 9.59 Å². The Bertz CT molecular complexity index is 1190. The lowest BCUT2D eigenvalue weighted by Crippen LogP contribution is -2.55. The van der Waals surface area contributed by atoms with Crippen LogP contribution in [0.2, 0.25) is 0 Å². The van der Waals surface area contributed by atoms with Crippen LogP contribution in [0.15, 0.2) is 42.5 Å². The van der Waals surface area contributed by atoms with Gasteiger partial charge in [-0.05, 0) is 25.0 Å². The Balaban J connectivity index is 2.74. The minimum absolute atomic E-state index is 0.230. The average molecular weight is 544 g/mol. The lowest BCUT2D eigenvalue weighted by molar-refractivity contribution is -0.348. The van der Waals surface area contributed by atoms with Crippen LogP contribution in [0.5, 0.6) is 0 Å². The molecule has 2 rings (SSSR count). The van der Waals surface area contributed by atoms with Crippen LogP contribution >= 0.6 is 0 Å². The number of carbonyl (C=O) groups is 2. The summed E-state index contributed by atoms with van der Waals surface area (Å²) in [5, 5.41) is 2.41. The minimum Gasteiger partial charge on any atom is -0.369 e. The molecule has 0 fully saturated rings. The van der Waals surface area contributed by atoms with Gasteiger partial charge in [0.1, 0.15) is 15.3 Å². The number of carbonyl (C=O) groups excluding carboxylic acids is 2. The molecule has 3 N–H and O–H groups in total. The Kier molecular flexibility index (Phi) is 7.76. The maximum atomic E-state index is 14.6. The number of aryl methyl sites for hydroxylation is 1. The fourth-order valence-corrected chi connectivity index (χ4v) is 5.21. The second-order valence-corrected chi connectivity index (χ2v) is 10.8. The van der Waals surface area contributed by atoms with E-state index >= 15 is 0 Å². The molecule has 0 saturated carbocycles. The number of sulfone groups is 1. The number of rotatable bonds is 7. The highest BCUT2D eigenvalue weighted by atomic mass is 32.2. The first-order valence-electron chi connectivity index (χ1n) is 10.3. The summed E-state index contributed by atoms with van der Waals surface area (Å²) in [6, 6.07) is 0.236. The van der Waals surface area contributed by atoms with Crippen molar-refractivity contribution in [3.05, 3.63) is 59.2 Å². The van der Waals surface area contributed by atoms with Gasteiger partial charge in [0.15, 0.2) is 0 Å². The zero-order valence-corrected chi connectivity index (χ0v) is 20.0. The fraction of sp³-hybridized carbons (Fsp3) is 0.455. The van der Waals surface area contributed by atoms with Crippen LogP contribution < -0.4 is 11.1 Å². The van der Waals surface area contributed by atoms with E-state index in [0.717, 1.165) is 13.2 Å². The van der Waals surface area contributed by atoms with Crippen molar-refractivity contribution in [2.45, 2.75) is 43.3 Å². The van der Waals surface area contributed by atoms with E-state index in [1.54, 1.807) is 0 Å². The molecule has 0 saturated heterocycles. The molecule has 0 spiro atoms. The summed E-state index contributed by atoms with van der Waals surface area (Å²) in [6.07, 6.45) is -6.75. The number of allylic oxidation sites excluding steroid dienone is 2. The summed E-state index contributed by atoms with van der Waals surface area (Å²) in [5.74, 6) is -4.01. The van der Waals surface area contributed by atoms with E-state index in [1.165, 1.54) is 31.2 Å². The van der Waals surface area contributed by atoms with Crippen LogP contribution in [0.25, 0.3) is 0 Å². The van der Waals surface area contributed by atoms with Gasteiger partial charge in [0, 0.05) is 17.9 Å². The molecule has 3 atom stereocenters. The van der Waals surface area contributed by atoms with Gasteiger partial charge >= 0.3 is 18.0 Å². The van der Waals surface area contributed by atoms with E-state index in [2.05, 4.69) is 5.32 Å². The second-order valence-electron chi connectivity index (χ2n) is 8.64. The van der Waals surface area contributed by atoms with Crippen molar-refractivity contribution in [2.75, 3.05) is 12.0 Å². The normalized spacial score (nSPS) is 21.8. The van der Waals surface area contributed by atoms with Gasteiger partial charge in [0.25, 0.3) is 0 Å². The SMILES string of the molecule is Cc1cc(C(F)(C(F)(F)F)C(F)(F)F)ccc1C1(C(=O)NC(C)CS(C)(=O)=O)C=CC=CC1C(N)=O. The van der Waals surface area contributed by atoms with Crippen LogP contribution in [-0.4, -0.2) is 50.6 Å². The summed E-state index contributed by atoms with van der Waals surface area (Å²) >= 11 is 0. The molecule has 200 valence electrons. The predicted molar refractivity (Wildman–Crippen MR) is 116 cm³/mol. The molecule has 6 nitrogen and oxygen atoms in total. The van der Waals surface area contributed by atoms with E-state index in [1.807, 2.05) is 0 Å². The second kappa shape index (κ2) is 9.52. The number of primary amides is 1. The average Bonchev–Trinajstić information content (AvgIpc) is 2.69. The smallest absolute Gasteiger partial charge is 0.369 e. The Morgan fingerprint density at radius 3 is 2.08 bits per heavy atom. The van der Waals surface area contributed by atoms with Crippen LogP contribution in [0.1, 0.15) is 23.6 Å². The number of nitrogens with two attached hydrogens (primary N) is 1. The molecule has 1 aliphatic carbocycles. The molecule has 0 heterocycles. The Morgan fingerprint density at radius 1 is 1.08 bits per heavy atom. The van der Waals surface area contributed by atoms with Crippen molar-refractivity contribution in [1.82, 2.24) is 5.32 Å². The van der Waals surface area contributed by atoms with Gasteiger partial charge < -0.3 is 11.1 Å². The predicted octanol–water partition coefficient (Wildman–Crippen LogP) is 3.30. The molecule has 0 aliphatic heterocycles. The molecule has 14 heteroatoms. The van der Waals surface area contributed by atoms with Crippen LogP contribution in [0, 0.1) is 12.8 Å². The highest BCUT2D eigenvalue weighted by Gasteiger charge is 2.73. The van der Waals surface area contributed by atoms with E-state index < -0.39 is 68.4 Å². The zero-order chi connectivity index (χ0) is 27.9. The minimum atomic E-state index is -6.35. The quantitative estimate of drug-likeness (QED) is 0.514. The number of benzene rings is 1. The van der Waals surface area contributed by atoms with Crippen molar-refractivity contribution in [2.24, 2.45) is 11.7 Å². The fourth-order valence-electron chi connectivity index (χ4n) is 4.22. The molecule has 0 radical (unpaired) electrons. The molecule has 1 aromatic carbocycles. The molecule has 0 bridgehead atoms. The third-order valence-electron chi connectivity index (χ3n) is 5.73. The van der Waals surface area contributed by atoms with Gasteiger partial charge in [0.2, 0.25) is 11.8 Å². The summed E-state index contributed by atoms with van der Waals surface area (Å²) in [7, 11) is -3.57. The highest BCUT2D eigenvalue weighted by Crippen LogP contribution is 2.54. The van der Waals surface area contributed by atoms with E-state index in [4.69, 9.17) is 5.73 Å². The summed E-state index contributed by atoms with van der Waals surface area (Å²) in [5.41, 5.74) is -4.70. The number of halogens is 7. The molecular formula is C22H23F7N2O4S. The molecule has 0 aromatic heterocycles. The Morgan fingerprint density at radius 2 is 1.64 bits per heavy atom. The third kappa shape index (κ3) is 5.27. The maximum absolute atomic E-state index is 14.6. The highest BCUT2D eigenvalue weighted by molar-refractivity contribution is 7.90. The number of hydrogen-bond acceptors (Lipinski definition) is 4. The van der Waals surface area contributed by atoms with Gasteiger partial charge in [0.05, 0.1) is 11.7 Å². The Labute approximate surface area is 202 Å². The molecule has 36 heavy (non-hydrogen) atoms. The molecule has 3 unspecified atom stereocenters. The summed E-state index contributed by atoms with van der Waals surface area (Å²) in [4.78, 5) is 25.7. The molecule has 2 amide bonds. The van der Waals surface area contributed by atoms with Crippen molar-refractivity contribution in [3.8, 4) is 0 Å². The van der Waals surface area contributed by atoms with E-state index in [9.17, 15) is 48.7 Å². The zero-order valence-electron chi connectivity index (χ0n) is 19.2. The largest absolute Gasteiger partial charge is 0.435 e. The molecule has 1 aliphatic rings. The van der Waals surface area contributed by atoms with Crippen LogP contribution in [0.3, 0.4) is 0 Å². The first kappa shape index (κ1) is 29.3. The maximum Gasteiger partial charge on any atom is 0.435 e. The van der Waals surface area contributed by atoms with Gasteiger partial charge in [-0.1, -0.05) is 42.5 Å². The van der Waals surface area contributed by atoms with Gasteiger partial charge in [-0.2, -0.15) is 26.3 Å². The van der Waals surface area contributed by atoms with Gasteiger partial charge in [-0.15, -0.1) is 0 Å². The molecule has 1 aromatic rings. The summed E-state index contributed by atoms with van der Waals surface area (Å²) < 4.78 is 117. The number of hydrogen-bond donors (Lipinski definition) is 2. The van der Waals surface area contributed by atoms with E-state index in [0.29, 0.717) is 12.1 Å². The molecular weight excluding hydrogens is 521 g/mol. The first-order chi connectivity index (χ1) is 16.2. The van der Waals surface area contributed by atoms with Crippen molar-refractivity contribution < 1.29 is 48.7 Å². The standard InChI is InChI=1S/C22H23F7N2O4S/c1-12-10-14(20(23,21(24,25)26)22(27,28)29)7-8-15(12)19(9-5-4-6-16(19)17(30)32)18(33)31-13(2)11-36(3,34)35/h4-10,13,16H,11H2,1-3H3,(H2,30,32)(H,31,33). The number of amides is 2.